The van der Waals surface area contributed by atoms with E-state index in [-0.39, 0.29) is 17.8 Å². The Morgan fingerprint density at radius 1 is 1.11 bits per heavy atom. The topological polar surface area (TPSA) is 58.6 Å². The maximum Gasteiger partial charge on any atom is 0.309 e. The quantitative estimate of drug-likeness (QED) is 0.729. The molecule has 0 atom stereocenters. The first kappa shape index (κ1) is 21.4. The molecule has 0 unspecified atom stereocenters. The Morgan fingerprint density at radius 3 is 2.15 bits per heavy atom. The molecule has 0 saturated carbocycles. The molecule has 2 rings (SSSR count). The third kappa shape index (κ3) is 5.80. The summed E-state index contributed by atoms with van der Waals surface area (Å²) in [6, 6.07) is 6.26. The van der Waals surface area contributed by atoms with Crippen LogP contribution in [0.5, 0.6) is 0 Å². The third-order valence-electron chi connectivity index (χ3n) is 5.21. The molecule has 0 spiro atoms. The van der Waals surface area contributed by atoms with Crippen LogP contribution >= 0.6 is 0 Å². The first-order valence-electron chi connectivity index (χ1n) is 10.1. The van der Waals surface area contributed by atoms with Gasteiger partial charge in [-0.2, -0.15) is 0 Å². The van der Waals surface area contributed by atoms with Crippen LogP contribution in [-0.2, 0) is 14.3 Å². The standard InChI is InChI=1S/C22H34N2O3/c1-6-27-22(26)17-10-12-24(13-11-17)14-20(25)23-21-18(15(2)3)8-7-9-19(21)16(4)5/h7-9,15-17H,6,10-14H2,1-5H3,(H,23,25). The first-order chi connectivity index (χ1) is 12.8. The zero-order valence-corrected chi connectivity index (χ0v) is 17.4. The molecule has 1 aliphatic rings. The highest BCUT2D eigenvalue weighted by Gasteiger charge is 2.27. The number of nitrogens with zero attached hydrogens (tertiary/aromatic N) is 1. The number of rotatable bonds is 7. The predicted octanol–water partition coefficient (Wildman–Crippen LogP) is 4.15. The summed E-state index contributed by atoms with van der Waals surface area (Å²) in [7, 11) is 0. The lowest BCUT2D eigenvalue weighted by Crippen LogP contribution is -2.41. The van der Waals surface area contributed by atoms with Gasteiger partial charge in [0, 0.05) is 5.69 Å². The number of anilines is 1. The van der Waals surface area contributed by atoms with E-state index < -0.39 is 0 Å². The SMILES string of the molecule is CCOC(=O)C1CCN(CC(=O)Nc2c(C(C)C)cccc2C(C)C)CC1. The van der Waals surface area contributed by atoms with E-state index >= 15 is 0 Å². The average Bonchev–Trinajstić information content (AvgIpc) is 2.62. The van der Waals surface area contributed by atoms with Crippen molar-refractivity contribution >= 4 is 17.6 Å². The Morgan fingerprint density at radius 2 is 1.67 bits per heavy atom. The van der Waals surface area contributed by atoms with Crippen molar-refractivity contribution in [1.29, 1.82) is 0 Å². The first-order valence-corrected chi connectivity index (χ1v) is 10.1. The Kier molecular flexibility index (Phi) is 7.84. The molecule has 150 valence electrons. The fraction of sp³-hybridized carbons (Fsp3) is 0.636. The van der Waals surface area contributed by atoms with Crippen LogP contribution in [0.1, 0.15) is 70.4 Å². The molecule has 1 aliphatic heterocycles. The normalized spacial score (nSPS) is 16.0. The summed E-state index contributed by atoms with van der Waals surface area (Å²) in [5, 5.41) is 3.17. The van der Waals surface area contributed by atoms with Gasteiger partial charge >= 0.3 is 5.97 Å². The zero-order chi connectivity index (χ0) is 20.0. The van der Waals surface area contributed by atoms with E-state index in [1.54, 1.807) is 0 Å². The predicted molar refractivity (Wildman–Crippen MR) is 109 cm³/mol. The average molecular weight is 375 g/mol. The molecule has 5 heteroatoms. The van der Waals surface area contributed by atoms with Gasteiger partial charge in [-0.1, -0.05) is 45.9 Å². The highest BCUT2D eigenvalue weighted by atomic mass is 16.5. The minimum Gasteiger partial charge on any atom is -0.466 e. The fourth-order valence-electron chi connectivity index (χ4n) is 3.66. The summed E-state index contributed by atoms with van der Waals surface area (Å²) >= 11 is 0. The number of hydrogen-bond donors (Lipinski definition) is 1. The van der Waals surface area contributed by atoms with Crippen LogP contribution in [0.2, 0.25) is 0 Å². The molecule has 0 aromatic heterocycles. The molecule has 5 nitrogen and oxygen atoms in total. The number of nitrogens with one attached hydrogen (secondary N) is 1. The van der Waals surface area contributed by atoms with Crippen molar-refractivity contribution in [2.75, 3.05) is 31.6 Å². The number of carbonyl (C=O) groups is 2. The van der Waals surface area contributed by atoms with Crippen LogP contribution in [0, 0.1) is 5.92 Å². The summed E-state index contributed by atoms with van der Waals surface area (Å²) < 4.78 is 5.11. The van der Waals surface area contributed by atoms with Crippen LogP contribution < -0.4 is 5.32 Å². The lowest BCUT2D eigenvalue weighted by Gasteiger charge is -2.30. The Bertz CT molecular complexity index is 621. The van der Waals surface area contributed by atoms with E-state index in [4.69, 9.17) is 4.74 Å². The number of carbonyl (C=O) groups excluding carboxylic acids is 2. The van der Waals surface area contributed by atoms with Crippen molar-refractivity contribution in [3.8, 4) is 0 Å². The second-order valence-electron chi connectivity index (χ2n) is 7.97. The van der Waals surface area contributed by atoms with Gasteiger partial charge in [0.05, 0.1) is 19.1 Å². The Labute approximate surface area is 163 Å². The summed E-state index contributed by atoms with van der Waals surface area (Å²) in [6.07, 6.45) is 1.51. The lowest BCUT2D eigenvalue weighted by atomic mass is 9.92. The highest BCUT2D eigenvalue weighted by molar-refractivity contribution is 5.94. The summed E-state index contributed by atoms with van der Waals surface area (Å²) in [6.45, 7) is 12.7. The maximum atomic E-state index is 12.7. The van der Waals surface area contributed by atoms with Crippen LogP contribution in [0.15, 0.2) is 18.2 Å². The zero-order valence-electron chi connectivity index (χ0n) is 17.4. The van der Waals surface area contributed by atoms with Gasteiger partial charge in [0.15, 0.2) is 0 Å². The third-order valence-corrected chi connectivity index (χ3v) is 5.21. The van der Waals surface area contributed by atoms with Gasteiger partial charge in [0.2, 0.25) is 5.91 Å². The highest BCUT2D eigenvalue weighted by Crippen LogP contribution is 2.32. The number of hydrogen-bond acceptors (Lipinski definition) is 4. The lowest BCUT2D eigenvalue weighted by molar-refractivity contribution is -0.149. The van der Waals surface area contributed by atoms with Crippen molar-refractivity contribution in [2.24, 2.45) is 5.92 Å². The molecule has 0 bridgehead atoms. The smallest absolute Gasteiger partial charge is 0.309 e. The van der Waals surface area contributed by atoms with E-state index in [0.717, 1.165) is 31.6 Å². The fourth-order valence-corrected chi connectivity index (χ4v) is 3.66. The molecule has 1 heterocycles. The van der Waals surface area contributed by atoms with Crippen molar-refractivity contribution in [2.45, 2.75) is 59.3 Å². The number of para-hydroxylation sites is 1. The van der Waals surface area contributed by atoms with Crippen molar-refractivity contribution in [3.05, 3.63) is 29.3 Å². The number of likely N-dealkylation sites (tertiary alicyclic amines) is 1. The minimum atomic E-state index is -0.103. The molecular formula is C22H34N2O3. The summed E-state index contributed by atoms with van der Waals surface area (Å²) in [5.41, 5.74) is 3.32. The van der Waals surface area contributed by atoms with E-state index in [1.807, 2.05) is 6.92 Å². The Hall–Kier alpha value is -1.88. The summed E-state index contributed by atoms with van der Waals surface area (Å²) in [4.78, 5) is 26.7. The molecule has 1 aromatic rings. The molecule has 1 amide bonds. The molecule has 1 aromatic carbocycles. The molecule has 27 heavy (non-hydrogen) atoms. The number of esters is 1. The van der Waals surface area contributed by atoms with Crippen molar-refractivity contribution in [1.82, 2.24) is 4.90 Å². The van der Waals surface area contributed by atoms with Gasteiger partial charge in [0.25, 0.3) is 0 Å². The van der Waals surface area contributed by atoms with Crippen molar-refractivity contribution < 1.29 is 14.3 Å². The van der Waals surface area contributed by atoms with Crippen LogP contribution in [0.25, 0.3) is 0 Å². The van der Waals surface area contributed by atoms with E-state index in [0.29, 0.717) is 25.0 Å². The number of piperidine rings is 1. The van der Waals surface area contributed by atoms with Gasteiger partial charge in [-0.05, 0) is 55.8 Å². The van der Waals surface area contributed by atoms with Gasteiger partial charge in [-0.15, -0.1) is 0 Å². The second kappa shape index (κ2) is 9.88. The van der Waals surface area contributed by atoms with Gasteiger partial charge in [0.1, 0.15) is 0 Å². The van der Waals surface area contributed by atoms with Crippen LogP contribution in [0.3, 0.4) is 0 Å². The Balaban J connectivity index is 1.98. The second-order valence-corrected chi connectivity index (χ2v) is 7.97. The number of benzene rings is 1. The van der Waals surface area contributed by atoms with E-state index in [9.17, 15) is 9.59 Å². The summed E-state index contributed by atoms with van der Waals surface area (Å²) in [5.74, 6) is 0.575. The minimum absolute atomic E-state index is 0.0135. The van der Waals surface area contributed by atoms with Crippen LogP contribution in [-0.4, -0.2) is 43.0 Å². The van der Waals surface area contributed by atoms with Crippen LogP contribution in [0.4, 0.5) is 5.69 Å². The molecule has 1 fully saturated rings. The van der Waals surface area contributed by atoms with Gasteiger partial charge < -0.3 is 10.1 Å². The van der Waals surface area contributed by atoms with Gasteiger partial charge in [-0.3, -0.25) is 14.5 Å². The maximum absolute atomic E-state index is 12.7. The molecule has 1 N–H and O–H groups in total. The molecule has 1 saturated heterocycles. The molecule has 0 aliphatic carbocycles. The number of amides is 1. The van der Waals surface area contributed by atoms with Gasteiger partial charge in [-0.25, -0.2) is 0 Å². The van der Waals surface area contributed by atoms with Crippen molar-refractivity contribution in [3.63, 3.8) is 0 Å². The number of ether oxygens (including phenoxy) is 1. The largest absolute Gasteiger partial charge is 0.466 e. The molecule has 0 radical (unpaired) electrons. The molecular weight excluding hydrogens is 340 g/mol. The van der Waals surface area contributed by atoms with E-state index in [1.165, 1.54) is 11.1 Å². The monoisotopic (exact) mass is 374 g/mol. The van der Waals surface area contributed by atoms with E-state index in [2.05, 4.69) is 56.1 Å².